The molecule has 4 rings (SSSR count). The molecule has 174 valence electrons. The second-order valence-electron chi connectivity index (χ2n) is 10.7. The zero-order chi connectivity index (χ0) is 22.3. The van der Waals surface area contributed by atoms with Crippen LogP contribution in [0.3, 0.4) is 0 Å². The summed E-state index contributed by atoms with van der Waals surface area (Å²) in [5.41, 5.74) is 2.48. The summed E-state index contributed by atoms with van der Waals surface area (Å²) in [6, 6.07) is 10.6. The molecule has 2 fully saturated rings. The van der Waals surface area contributed by atoms with Gasteiger partial charge in [0, 0.05) is 5.39 Å². The molecule has 1 heteroatoms. The van der Waals surface area contributed by atoms with Crippen LogP contribution in [0.4, 0.5) is 4.39 Å². The van der Waals surface area contributed by atoms with Crippen molar-refractivity contribution in [2.45, 2.75) is 103 Å². The maximum Gasteiger partial charge on any atom is 0.131 e. The molecule has 0 spiro atoms. The molecule has 0 aromatic heterocycles. The molecule has 32 heavy (non-hydrogen) atoms. The minimum absolute atomic E-state index is 0.0444. The lowest BCUT2D eigenvalue weighted by molar-refractivity contribution is 0.113. The van der Waals surface area contributed by atoms with Gasteiger partial charge in [0.05, 0.1) is 0 Å². The van der Waals surface area contributed by atoms with E-state index in [9.17, 15) is 4.39 Å². The smallest absolute Gasteiger partial charge is 0.131 e. The largest absolute Gasteiger partial charge is 0.206 e. The minimum Gasteiger partial charge on any atom is -0.206 e. The lowest BCUT2D eigenvalue weighted by atomic mass is 9.63. The first kappa shape index (κ1) is 23.5. The van der Waals surface area contributed by atoms with Gasteiger partial charge in [-0.05, 0) is 104 Å². The van der Waals surface area contributed by atoms with Crippen molar-refractivity contribution < 1.29 is 4.39 Å². The Balaban J connectivity index is 1.37. The fourth-order valence-electron chi connectivity index (χ4n) is 6.61. The Bertz CT molecular complexity index is 895. The van der Waals surface area contributed by atoms with Gasteiger partial charge in [0.25, 0.3) is 0 Å². The van der Waals surface area contributed by atoms with Crippen molar-refractivity contribution in [3.8, 4) is 0 Å². The van der Waals surface area contributed by atoms with E-state index in [4.69, 9.17) is 0 Å². The zero-order valence-corrected chi connectivity index (χ0v) is 20.4. The molecule has 2 aromatic rings. The number of allylic oxidation sites excluding steroid dienone is 2. The first-order valence-electron chi connectivity index (χ1n) is 13.5. The van der Waals surface area contributed by atoms with Gasteiger partial charge in [-0.1, -0.05) is 75.8 Å². The van der Waals surface area contributed by atoms with Crippen LogP contribution in [-0.4, -0.2) is 0 Å². The predicted octanol–water partition coefficient (Wildman–Crippen LogP) is 9.76. The number of fused-ring (bicyclic) bond motifs is 2. The number of rotatable bonds is 9. The summed E-state index contributed by atoms with van der Waals surface area (Å²) >= 11 is 0. The molecule has 4 unspecified atom stereocenters. The van der Waals surface area contributed by atoms with Gasteiger partial charge in [0.2, 0.25) is 0 Å². The summed E-state index contributed by atoms with van der Waals surface area (Å²) in [6.07, 6.45) is 21.5. The molecule has 0 bridgehead atoms. The minimum atomic E-state index is -0.0444. The Morgan fingerprint density at radius 2 is 1.78 bits per heavy atom. The molecule has 0 N–H and O–H groups in total. The molecule has 0 aliphatic heterocycles. The molecule has 2 aliphatic carbocycles. The lowest BCUT2D eigenvalue weighted by Crippen LogP contribution is -2.30. The summed E-state index contributed by atoms with van der Waals surface area (Å²) in [6.45, 7) is 4.34. The molecule has 2 aliphatic rings. The third-order valence-corrected chi connectivity index (χ3v) is 8.48. The van der Waals surface area contributed by atoms with Crippen molar-refractivity contribution in [3.05, 3.63) is 59.4 Å². The van der Waals surface area contributed by atoms with Gasteiger partial charge in [-0.25, -0.2) is 4.39 Å². The van der Waals surface area contributed by atoms with Gasteiger partial charge in [0.1, 0.15) is 5.82 Å². The van der Waals surface area contributed by atoms with Crippen LogP contribution in [0.25, 0.3) is 10.8 Å². The molecule has 0 amide bonds. The van der Waals surface area contributed by atoms with Gasteiger partial charge < -0.3 is 0 Å². The summed E-state index contributed by atoms with van der Waals surface area (Å²) in [5, 5.41) is 1.87. The summed E-state index contributed by atoms with van der Waals surface area (Å²) < 4.78 is 14.9. The Morgan fingerprint density at radius 3 is 2.62 bits per heavy atom. The highest BCUT2D eigenvalue weighted by atomic mass is 19.1. The average molecular weight is 435 g/mol. The van der Waals surface area contributed by atoms with Crippen LogP contribution in [0.15, 0.2) is 42.5 Å². The number of unbranched alkanes of at least 4 members (excludes halogenated alkanes) is 3. The Kier molecular flexibility index (Phi) is 8.44. The maximum atomic E-state index is 14.9. The average Bonchev–Trinajstić information content (AvgIpc) is 2.81. The third kappa shape index (κ3) is 5.83. The molecular formula is C31H43F. The van der Waals surface area contributed by atoms with E-state index in [1.54, 1.807) is 6.07 Å². The number of halogens is 1. The number of hydrogen-bond donors (Lipinski definition) is 0. The van der Waals surface area contributed by atoms with Crippen LogP contribution >= 0.6 is 0 Å². The van der Waals surface area contributed by atoms with Crippen molar-refractivity contribution >= 4 is 10.8 Å². The number of benzene rings is 2. The molecule has 2 aromatic carbocycles. The first-order valence-corrected chi connectivity index (χ1v) is 13.5. The fourth-order valence-corrected chi connectivity index (χ4v) is 6.61. The highest BCUT2D eigenvalue weighted by molar-refractivity contribution is 5.84. The van der Waals surface area contributed by atoms with Gasteiger partial charge in [-0.2, -0.15) is 0 Å². The van der Waals surface area contributed by atoms with E-state index in [-0.39, 0.29) is 5.82 Å². The van der Waals surface area contributed by atoms with Crippen molar-refractivity contribution in [2.75, 3.05) is 0 Å². The highest BCUT2D eigenvalue weighted by Crippen LogP contribution is 2.48. The van der Waals surface area contributed by atoms with Crippen LogP contribution in [0.5, 0.6) is 0 Å². The van der Waals surface area contributed by atoms with Crippen molar-refractivity contribution in [3.63, 3.8) is 0 Å². The van der Waals surface area contributed by atoms with Crippen molar-refractivity contribution in [1.82, 2.24) is 0 Å². The van der Waals surface area contributed by atoms with E-state index in [1.807, 2.05) is 6.92 Å². The lowest BCUT2D eigenvalue weighted by Gasteiger charge is -2.42. The SMILES string of the molecule is CC=CCCc1cc(F)c2cc(C3CCC4CC(CCCCCC)CCC4C3)ccc2c1. The van der Waals surface area contributed by atoms with Crippen LogP contribution in [0.2, 0.25) is 0 Å². The van der Waals surface area contributed by atoms with Crippen LogP contribution in [0, 0.1) is 23.6 Å². The quantitative estimate of drug-likeness (QED) is 0.272. The summed E-state index contributed by atoms with van der Waals surface area (Å²) in [7, 11) is 0. The number of aryl methyl sites for hydroxylation is 1. The molecular weight excluding hydrogens is 391 g/mol. The molecule has 0 heterocycles. The van der Waals surface area contributed by atoms with Gasteiger partial charge in [-0.3, -0.25) is 0 Å². The van der Waals surface area contributed by atoms with Crippen molar-refractivity contribution in [1.29, 1.82) is 0 Å². The van der Waals surface area contributed by atoms with E-state index in [2.05, 4.69) is 43.3 Å². The van der Waals surface area contributed by atoms with Gasteiger partial charge in [0.15, 0.2) is 0 Å². The van der Waals surface area contributed by atoms with Gasteiger partial charge in [-0.15, -0.1) is 0 Å². The Morgan fingerprint density at radius 1 is 0.938 bits per heavy atom. The maximum absolute atomic E-state index is 14.9. The molecule has 2 saturated carbocycles. The molecule has 4 atom stereocenters. The fraction of sp³-hybridized carbons (Fsp3) is 0.613. The molecule has 0 saturated heterocycles. The molecule has 0 nitrogen and oxygen atoms in total. The number of hydrogen-bond acceptors (Lipinski definition) is 0. The first-order chi connectivity index (χ1) is 15.7. The van der Waals surface area contributed by atoms with Gasteiger partial charge >= 0.3 is 0 Å². The second-order valence-corrected chi connectivity index (χ2v) is 10.7. The topological polar surface area (TPSA) is 0 Å². The Labute approximate surface area is 195 Å². The summed E-state index contributed by atoms with van der Waals surface area (Å²) in [5.74, 6) is 3.41. The molecule has 0 radical (unpaired) electrons. The summed E-state index contributed by atoms with van der Waals surface area (Å²) in [4.78, 5) is 0. The van der Waals surface area contributed by atoms with E-state index in [1.165, 1.54) is 76.2 Å². The zero-order valence-electron chi connectivity index (χ0n) is 20.4. The van der Waals surface area contributed by atoms with E-state index < -0.39 is 0 Å². The van der Waals surface area contributed by atoms with Crippen LogP contribution in [-0.2, 0) is 6.42 Å². The second kappa shape index (κ2) is 11.5. The van der Waals surface area contributed by atoms with Crippen molar-refractivity contribution in [2.24, 2.45) is 17.8 Å². The van der Waals surface area contributed by atoms with Crippen LogP contribution in [0.1, 0.15) is 108 Å². The van der Waals surface area contributed by atoms with Crippen LogP contribution < -0.4 is 0 Å². The Hall–Kier alpha value is -1.63. The third-order valence-electron chi connectivity index (χ3n) is 8.48. The monoisotopic (exact) mass is 434 g/mol. The highest BCUT2D eigenvalue weighted by Gasteiger charge is 2.35. The van der Waals surface area contributed by atoms with E-state index in [0.717, 1.165) is 46.9 Å². The normalized spacial score (nSPS) is 26.0. The standard InChI is InChI=1S/C31H43F/c1-3-5-7-9-10-23-12-13-26-21-27(15-14-25(26)18-23)28-16-17-29-19-24(11-8-6-4-2)20-31(32)30(29)22-28/h4,6,16-17,19-20,22-23,25-27H,3,5,7-15,18,21H2,1-2H3. The van der Waals surface area contributed by atoms with E-state index >= 15 is 0 Å². The predicted molar refractivity (Wildman–Crippen MR) is 137 cm³/mol. The van der Waals surface area contributed by atoms with E-state index in [0.29, 0.717) is 5.92 Å².